The molecule has 0 saturated carbocycles. The lowest BCUT2D eigenvalue weighted by Crippen LogP contribution is -2.39. The number of hydrogen-bond acceptors (Lipinski definition) is 4. The Morgan fingerprint density at radius 3 is 1.32 bits per heavy atom. The summed E-state index contributed by atoms with van der Waals surface area (Å²) in [5, 5.41) is 10.2. The molecule has 0 amide bonds. The van der Waals surface area contributed by atoms with E-state index in [0.717, 1.165) is 47.4 Å². The number of aliphatic hydroxyl groups is 1. The van der Waals surface area contributed by atoms with E-state index in [1.165, 1.54) is 0 Å². The van der Waals surface area contributed by atoms with Gasteiger partial charge in [-0.15, -0.1) is 0 Å². The van der Waals surface area contributed by atoms with Crippen LogP contribution in [0.4, 0.5) is 0 Å². The van der Waals surface area contributed by atoms with Crippen LogP contribution in [-0.4, -0.2) is 11.7 Å². The molecule has 0 aromatic heterocycles. The highest BCUT2D eigenvalue weighted by molar-refractivity contribution is 9.11. The zero-order valence-electron chi connectivity index (χ0n) is 14.2. The third-order valence-electron chi connectivity index (χ3n) is 5.62. The maximum absolute atomic E-state index is 10.2. The lowest BCUT2D eigenvalue weighted by Gasteiger charge is -2.48. The molecule has 4 nitrogen and oxygen atoms in total. The maximum Gasteiger partial charge on any atom is 0.149 e. The van der Waals surface area contributed by atoms with Crippen molar-refractivity contribution in [3.63, 3.8) is 0 Å². The van der Waals surface area contributed by atoms with Gasteiger partial charge in [-0.1, -0.05) is 0 Å². The van der Waals surface area contributed by atoms with Gasteiger partial charge in [0, 0.05) is 6.61 Å². The van der Waals surface area contributed by atoms with Crippen LogP contribution in [0.15, 0.2) is 49.8 Å². The van der Waals surface area contributed by atoms with E-state index in [1.54, 1.807) is 0 Å². The van der Waals surface area contributed by atoms with Crippen LogP contribution < -0.4 is 14.2 Å². The molecule has 140 valence electrons. The van der Waals surface area contributed by atoms with Crippen molar-refractivity contribution in [1.82, 2.24) is 0 Å². The molecule has 0 fully saturated rings. The van der Waals surface area contributed by atoms with Crippen molar-refractivity contribution in [2.24, 2.45) is 0 Å². The Morgan fingerprint density at radius 2 is 1.00 bits per heavy atom. The normalized spacial score (nSPS) is 15.9. The third-order valence-corrected chi connectivity index (χ3v) is 7.49. The number of aliphatic hydroxyl groups excluding tert-OH is 1. The second-order valence-electron chi connectivity index (χ2n) is 6.93. The number of rotatable bonds is 2. The van der Waals surface area contributed by atoms with E-state index in [9.17, 15) is 5.11 Å². The molecule has 0 aliphatic carbocycles. The number of benzene rings is 3. The molecule has 1 N–H and O–H groups in total. The lowest BCUT2D eigenvalue weighted by molar-refractivity contribution is 0.239. The second-order valence-corrected chi connectivity index (χ2v) is 9.50. The molecule has 0 saturated heterocycles. The Balaban J connectivity index is 1.87. The van der Waals surface area contributed by atoms with Crippen LogP contribution in [0.2, 0.25) is 0 Å². The van der Waals surface area contributed by atoms with Gasteiger partial charge in [0.2, 0.25) is 0 Å². The molecule has 3 aliphatic heterocycles. The molecule has 0 spiro atoms. The van der Waals surface area contributed by atoms with Gasteiger partial charge < -0.3 is 19.3 Å². The third kappa shape index (κ3) is 1.93. The molecule has 0 atom stereocenters. The fourth-order valence-electron chi connectivity index (χ4n) is 4.63. The average Bonchev–Trinajstić information content (AvgIpc) is 2.69. The van der Waals surface area contributed by atoms with Crippen molar-refractivity contribution >= 4 is 47.8 Å². The van der Waals surface area contributed by atoms with E-state index < -0.39 is 5.41 Å². The van der Waals surface area contributed by atoms with E-state index in [1.807, 2.05) is 36.4 Å². The minimum absolute atomic E-state index is 0.00216. The molecule has 3 aromatic carbocycles. The first-order valence-electron chi connectivity index (χ1n) is 8.69. The summed E-state index contributed by atoms with van der Waals surface area (Å²) < 4.78 is 21.5. The van der Waals surface area contributed by atoms with Gasteiger partial charge in [0.1, 0.15) is 34.5 Å². The van der Waals surface area contributed by atoms with E-state index in [2.05, 4.69) is 47.8 Å². The summed E-state index contributed by atoms with van der Waals surface area (Å²) in [5.74, 6) is 4.29. The SMILES string of the molecule is OCCC12c3c4ccc(Br)c3Oc3ccc(Br)c(c31)Oc1ccc(Br)c(c12)O4. The average molecular weight is 567 g/mol. The molecular weight excluding hydrogens is 556 g/mol. The predicted octanol–water partition coefficient (Wildman–Crippen LogP) is 7.01. The van der Waals surface area contributed by atoms with Gasteiger partial charge in [-0.05, 0) is 90.6 Å². The molecule has 28 heavy (non-hydrogen) atoms. The highest BCUT2D eigenvalue weighted by Gasteiger charge is 2.56. The van der Waals surface area contributed by atoms with E-state index in [-0.39, 0.29) is 6.61 Å². The Bertz CT molecular complexity index is 1060. The van der Waals surface area contributed by atoms with Crippen molar-refractivity contribution in [3.05, 3.63) is 66.5 Å². The summed E-state index contributed by atoms with van der Waals surface area (Å²) >= 11 is 10.9. The standard InChI is InChI=1S/C21H11Br3O4/c22-9-1-4-12-15-18(9)27-13-5-2-11(24)20-16(13)21(15,7-8-25)17-14(28-20)6-3-10(23)19(17)26-12/h1-6,25H,7-8H2. The first kappa shape index (κ1) is 17.3. The largest absolute Gasteiger partial charge is 0.455 e. The monoisotopic (exact) mass is 564 g/mol. The Labute approximate surface area is 185 Å². The molecule has 0 bridgehead atoms. The van der Waals surface area contributed by atoms with Crippen LogP contribution in [0.5, 0.6) is 34.5 Å². The number of halogens is 3. The molecule has 0 radical (unpaired) electrons. The zero-order valence-corrected chi connectivity index (χ0v) is 18.9. The topological polar surface area (TPSA) is 47.9 Å². The minimum atomic E-state index is -0.638. The van der Waals surface area contributed by atoms with Crippen LogP contribution in [0.25, 0.3) is 0 Å². The van der Waals surface area contributed by atoms with E-state index >= 15 is 0 Å². The summed E-state index contributed by atoms with van der Waals surface area (Å²) in [6.07, 6.45) is 0.479. The van der Waals surface area contributed by atoms with Crippen molar-refractivity contribution in [1.29, 1.82) is 0 Å². The van der Waals surface area contributed by atoms with Crippen LogP contribution >= 0.6 is 47.8 Å². The molecule has 3 aliphatic rings. The van der Waals surface area contributed by atoms with Crippen molar-refractivity contribution in [2.45, 2.75) is 11.8 Å². The Hall–Kier alpha value is -1.54. The van der Waals surface area contributed by atoms with E-state index in [4.69, 9.17) is 14.2 Å². The molecular formula is C21H11Br3O4. The van der Waals surface area contributed by atoms with Gasteiger partial charge in [0.05, 0.1) is 35.5 Å². The lowest BCUT2D eigenvalue weighted by atomic mass is 9.63. The van der Waals surface area contributed by atoms with Gasteiger partial charge in [-0.25, -0.2) is 0 Å². The highest BCUT2D eigenvalue weighted by atomic mass is 79.9. The highest BCUT2D eigenvalue weighted by Crippen LogP contribution is 2.69. The van der Waals surface area contributed by atoms with E-state index in [0.29, 0.717) is 23.7 Å². The summed E-state index contributed by atoms with van der Waals surface area (Å²) in [5.41, 5.74) is 2.11. The summed E-state index contributed by atoms with van der Waals surface area (Å²) in [4.78, 5) is 0. The van der Waals surface area contributed by atoms with Crippen LogP contribution in [-0.2, 0) is 5.41 Å². The molecule has 7 heteroatoms. The predicted molar refractivity (Wildman–Crippen MR) is 114 cm³/mol. The summed E-state index contributed by atoms with van der Waals surface area (Å²) in [6.45, 7) is 0.00216. The number of ether oxygens (including phenoxy) is 3. The van der Waals surface area contributed by atoms with Crippen LogP contribution in [0.3, 0.4) is 0 Å². The van der Waals surface area contributed by atoms with Crippen LogP contribution in [0.1, 0.15) is 23.1 Å². The van der Waals surface area contributed by atoms with Crippen molar-refractivity contribution in [2.75, 3.05) is 6.61 Å². The first-order chi connectivity index (χ1) is 13.6. The fraction of sp³-hybridized carbons (Fsp3) is 0.143. The first-order valence-corrected chi connectivity index (χ1v) is 11.1. The van der Waals surface area contributed by atoms with Gasteiger partial charge in [0.25, 0.3) is 0 Å². The van der Waals surface area contributed by atoms with Crippen molar-refractivity contribution in [3.8, 4) is 34.5 Å². The Morgan fingerprint density at radius 1 is 0.643 bits per heavy atom. The van der Waals surface area contributed by atoms with Crippen molar-refractivity contribution < 1.29 is 19.3 Å². The van der Waals surface area contributed by atoms with Gasteiger partial charge in [-0.3, -0.25) is 0 Å². The van der Waals surface area contributed by atoms with Gasteiger partial charge in [-0.2, -0.15) is 0 Å². The minimum Gasteiger partial charge on any atom is -0.455 e. The van der Waals surface area contributed by atoms with Gasteiger partial charge in [0.15, 0.2) is 0 Å². The molecule has 6 rings (SSSR count). The Kier molecular flexibility index (Phi) is 3.56. The number of hydrogen-bond donors (Lipinski definition) is 1. The summed E-state index contributed by atoms with van der Waals surface area (Å²) in [7, 11) is 0. The smallest absolute Gasteiger partial charge is 0.149 e. The quantitative estimate of drug-likeness (QED) is 0.284. The molecule has 0 unspecified atom stereocenters. The molecule has 3 heterocycles. The van der Waals surface area contributed by atoms with Gasteiger partial charge >= 0.3 is 0 Å². The van der Waals surface area contributed by atoms with Crippen LogP contribution in [0, 0.1) is 0 Å². The zero-order chi connectivity index (χ0) is 19.2. The molecule has 3 aromatic rings. The fourth-order valence-corrected chi connectivity index (χ4v) is 5.87. The maximum atomic E-state index is 10.2. The summed E-state index contributed by atoms with van der Waals surface area (Å²) in [6, 6.07) is 11.6. The second kappa shape index (κ2) is 5.75.